The molecule has 0 fully saturated rings. The number of nitrogens with zero attached hydrogens (tertiary/aromatic N) is 1. The third-order valence-corrected chi connectivity index (χ3v) is 5.32. The lowest BCUT2D eigenvalue weighted by molar-refractivity contribution is -0.129. The Balaban J connectivity index is 1.59. The Bertz CT molecular complexity index is 1160. The van der Waals surface area contributed by atoms with Gasteiger partial charge in [-0.2, -0.15) is 0 Å². The summed E-state index contributed by atoms with van der Waals surface area (Å²) in [7, 11) is 1.48. The monoisotopic (exact) mass is 443 g/mol. The van der Waals surface area contributed by atoms with Crippen LogP contribution >= 0.6 is 22.9 Å². The van der Waals surface area contributed by atoms with Crippen molar-refractivity contribution in [2.45, 2.75) is 6.61 Å². The van der Waals surface area contributed by atoms with E-state index in [1.54, 1.807) is 30.3 Å². The van der Waals surface area contributed by atoms with Gasteiger partial charge in [-0.1, -0.05) is 29.8 Å². The van der Waals surface area contributed by atoms with Crippen LogP contribution in [0.5, 0.6) is 11.5 Å². The Hall–Kier alpha value is -3.16. The van der Waals surface area contributed by atoms with Crippen LogP contribution in [0.2, 0.25) is 5.02 Å². The molecule has 152 valence electrons. The fraction of sp³-hybridized carbons (Fsp3) is 0.0909. The second-order valence-corrected chi connectivity index (χ2v) is 7.62. The van der Waals surface area contributed by atoms with E-state index in [0.29, 0.717) is 22.6 Å². The van der Waals surface area contributed by atoms with Crippen LogP contribution in [0.3, 0.4) is 0 Å². The van der Waals surface area contributed by atoms with E-state index in [9.17, 15) is 9.18 Å². The van der Waals surface area contributed by atoms with E-state index in [2.05, 4.69) is 4.99 Å². The SMILES string of the molecule is COc1cc(/C=C2\N=C(c3cccs3)OC2=O)cc(Cl)c1OCc1cccc(F)c1. The Morgan fingerprint density at radius 1 is 1.23 bits per heavy atom. The van der Waals surface area contributed by atoms with Gasteiger partial charge in [0.25, 0.3) is 0 Å². The number of carbonyl (C=O) groups excluding carboxylic acids is 1. The van der Waals surface area contributed by atoms with Crippen LogP contribution in [0.15, 0.2) is 64.6 Å². The Morgan fingerprint density at radius 3 is 2.83 bits per heavy atom. The van der Waals surface area contributed by atoms with E-state index in [4.69, 9.17) is 25.8 Å². The van der Waals surface area contributed by atoms with Gasteiger partial charge in [0.05, 0.1) is 17.0 Å². The smallest absolute Gasteiger partial charge is 0.363 e. The van der Waals surface area contributed by atoms with E-state index in [-0.39, 0.29) is 29.0 Å². The highest BCUT2D eigenvalue weighted by atomic mass is 35.5. The molecular formula is C22H15ClFNO4S. The van der Waals surface area contributed by atoms with Gasteiger partial charge in [0.2, 0.25) is 5.90 Å². The van der Waals surface area contributed by atoms with Crippen molar-refractivity contribution in [2.24, 2.45) is 4.99 Å². The lowest BCUT2D eigenvalue weighted by Gasteiger charge is -2.13. The number of rotatable bonds is 6. The topological polar surface area (TPSA) is 57.1 Å². The molecule has 0 saturated heterocycles. The molecule has 1 aliphatic heterocycles. The fourth-order valence-corrected chi connectivity index (χ4v) is 3.74. The Kier molecular flexibility index (Phi) is 5.83. The number of benzene rings is 2. The van der Waals surface area contributed by atoms with Crippen molar-refractivity contribution in [1.29, 1.82) is 0 Å². The molecule has 0 amide bonds. The molecule has 0 unspecified atom stereocenters. The first kappa shape index (κ1) is 20.1. The van der Waals surface area contributed by atoms with Crippen molar-refractivity contribution in [3.05, 3.63) is 86.5 Å². The van der Waals surface area contributed by atoms with Crippen molar-refractivity contribution in [1.82, 2.24) is 0 Å². The number of halogens is 2. The minimum absolute atomic E-state index is 0.120. The largest absolute Gasteiger partial charge is 0.493 e. The van der Waals surface area contributed by atoms with Crippen LogP contribution in [0.4, 0.5) is 4.39 Å². The molecule has 2 aromatic carbocycles. The first-order valence-corrected chi connectivity index (χ1v) is 10.1. The second kappa shape index (κ2) is 8.69. The summed E-state index contributed by atoms with van der Waals surface area (Å²) in [5.74, 6) is 0.0817. The molecule has 0 radical (unpaired) electrons. The summed E-state index contributed by atoms with van der Waals surface area (Å²) >= 11 is 7.81. The number of hydrogen-bond donors (Lipinski definition) is 0. The first-order chi connectivity index (χ1) is 14.5. The second-order valence-electron chi connectivity index (χ2n) is 6.27. The standard InChI is InChI=1S/C22H15ClFNO4S/c1-27-18-11-14(10-17-22(26)29-21(25-17)19-6-3-7-30-19)9-16(23)20(18)28-12-13-4-2-5-15(24)8-13/h2-11H,12H2,1H3/b17-10-. The highest BCUT2D eigenvalue weighted by Gasteiger charge is 2.25. The summed E-state index contributed by atoms with van der Waals surface area (Å²) in [6, 6.07) is 13.1. The van der Waals surface area contributed by atoms with Gasteiger partial charge in [0.1, 0.15) is 12.4 Å². The zero-order valence-electron chi connectivity index (χ0n) is 15.7. The molecule has 8 heteroatoms. The predicted molar refractivity (Wildman–Crippen MR) is 114 cm³/mol. The molecule has 0 atom stereocenters. The van der Waals surface area contributed by atoms with E-state index in [1.807, 2.05) is 17.5 Å². The number of thiophene rings is 1. The molecule has 3 aromatic rings. The van der Waals surface area contributed by atoms with E-state index in [0.717, 1.165) is 4.88 Å². The minimum Gasteiger partial charge on any atom is -0.493 e. The van der Waals surface area contributed by atoms with Crippen LogP contribution < -0.4 is 9.47 Å². The molecule has 30 heavy (non-hydrogen) atoms. The molecule has 5 nitrogen and oxygen atoms in total. The quantitative estimate of drug-likeness (QED) is 0.374. The molecule has 0 spiro atoms. The van der Waals surface area contributed by atoms with Crippen LogP contribution in [-0.2, 0) is 16.1 Å². The van der Waals surface area contributed by atoms with Gasteiger partial charge >= 0.3 is 5.97 Å². The van der Waals surface area contributed by atoms with Crippen molar-refractivity contribution < 1.29 is 23.4 Å². The number of esters is 1. The highest BCUT2D eigenvalue weighted by molar-refractivity contribution is 7.12. The molecule has 0 bridgehead atoms. The normalized spacial score (nSPS) is 14.6. The number of methoxy groups -OCH3 is 1. The lowest BCUT2D eigenvalue weighted by Crippen LogP contribution is -2.03. The van der Waals surface area contributed by atoms with Gasteiger partial charge in [-0.05, 0) is 52.9 Å². The van der Waals surface area contributed by atoms with Gasteiger partial charge in [0.15, 0.2) is 17.2 Å². The number of carbonyl (C=O) groups is 1. The van der Waals surface area contributed by atoms with Crippen LogP contribution in [0, 0.1) is 5.82 Å². The van der Waals surface area contributed by atoms with Gasteiger partial charge < -0.3 is 14.2 Å². The van der Waals surface area contributed by atoms with Gasteiger partial charge in [-0.3, -0.25) is 0 Å². The number of hydrogen-bond acceptors (Lipinski definition) is 6. The van der Waals surface area contributed by atoms with E-state index >= 15 is 0 Å². The van der Waals surface area contributed by atoms with Crippen LogP contribution in [0.25, 0.3) is 6.08 Å². The summed E-state index contributed by atoms with van der Waals surface area (Å²) in [5, 5.41) is 2.16. The zero-order chi connectivity index (χ0) is 21.1. The van der Waals surface area contributed by atoms with Crippen molar-refractivity contribution in [3.63, 3.8) is 0 Å². The molecule has 0 N–H and O–H groups in total. The summed E-state index contributed by atoms with van der Waals surface area (Å²) in [5.41, 5.74) is 1.41. The predicted octanol–water partition coefficient (Wildman–Crippen LogP) is 5.47. The third kappa shape index (κ3) is 4.37. The summed E-state index contributed by atoms with van der Waals surface area (Å²) in [6.45, 7) is 0.120. The zero-order valence-corrected chi connectivity index (χ0v) is 17.3. The van der Waals surface area contributed by atoms with Crippen LogP contribution in [0.1, 0.15) is 16.0 Å². The van der Waals surface area contributed by atoms with Gasteiger partial charge in [-0.25, -0.2) is 14.2 Å². The van der Waals surface area contributed by atoms with E-state index in [1.165, 1.54) is 30.6 Å². The maximum Gasteiger partial charge on any atom is 0.363 e. The maximum atomic E-state index is 13.4. The van der Waals surface area contributed by atoms with Gasteiger partial charge in [0, 0.05) is 0 Å². The molecule has 4 rings (SSSR count). The molecular weight excluding hydrogens is 429 g/mol. The lowest BCUT2D eigenvalue weighted by atomic mass is 10.1. The number of aliphatic imine (C=N–C) groups is 1. The van der Waals surface area contributed by atoms with Crippen molar-refractivity contribution in [2.75, 3.05) is 7.11 Å². The third-order valence-electron chi connectivity index (χ3n) is 4.18. The minimum atomic E-state index is -0.542. The molecule has 0 aliphatic carbocycles. The average Bonchev–Trinajstić information content (AvgIpc) is 3.37. The molecule has 0 saturated carbocycles. The van der Waals surface area contributed by atoms with Gasteiger partial charge in [-0.15, -0.1) is 11.3 Å². The summed E-state index contributed by atoms with van der Waals surface area (Å²) in [6.07, 6.45) is 1.56. The number of cyclic esters (lactones) is 1. The number of ether oxygens (including phenoxy) is 3. The molecule has 1 aromatic heterocycles. The van der Waals surface area contributed by atoms with Crippen LogP contribution in [-0.4, -0.2) is 19.0 Å². The van der Waals surface area contributed by atoms with Crippen molar-refractivity contribution >= 4 is 40.9 Å². The molecule has 2 heterocycles. The maximum absolute atomic E-state index is 13.4. The first-order valence-electron chi connectivity index (χ1n) is 8.84. The Labute approximate surface area is 181 Å². The van der Waals surface area contributed by atoms with Crippen molar-refractivity contribution in [3.8, 4) is 11.5 Å². The average molecular weight is 444 g/mol. The molecule has 1 aliphatic rings. The fourth-order valence-electron chi connectivity index (χ4n) is 2.82. The summed E-state index contributed by atoms with van der Waals surface area (Å²) < 4.78 is 29.7. The Morgan fingerprint density at radius 2 is 2.10 bits per heavy atom. The summed E-state index contributed by atoms with van der Waals surface area (Å²) in [4.78, 5) is 17.2. The van der Waals surface area contributed by atoms with E-state index < -0.39 is 5.97 Å². The highest BCUT2D eigenvalue weighted by Crippen LogP contribution is 2.38.